The van der Waals surface area contributed by atoms with E-state index in [9.17, 15) is 4.79 Å². The first kappa shape index (κ1) is 17.0. The van der Waals surface area contributed by atoms with E-state index in [2.05, 4.69) is 45.1 Å². The summed E-state index contributed by atoms with van der Waals surface area (Å²) in [4.78, 5) is 16.7. The summed E-state index contributed by atoms with van der Waals surface area (Å²) < 4.78 is 6.80. The molecule has 0 bridgehead atoms. The van der Waals surface area contributed by atoms with E-state index in [0.717, 1.165) is 15.7 Å². The zero-order chi connectivity index (χ0) is 17.1. The number of hydrogen-bond acceptors (Lipinski definition) is 3. The molecule has 2 aromatic carbocycles. The summed E-state index contributed by atoms with van der Waals surface area (Å²) in [7, 11) is 4.04. The molecule has 1 heterocycles. The Bertz CT molecular complexity index is 716. The van der Waals surface area contributed by atoms with Gasteiger partial charge in [0.25, 0.3) is 5.91 Å². The van der Waals surface area contributed by atoms with Crippen LogP contribution >= 0.6 is 15.9 Å². The highest BCUT2D eigenvalue weighted by Crippen LogP contribution is 2.25. The van der Waals surface area contributed by atoms with Gasteiger partial charge in [-0.05, 0) is 35.9 Å². The second-order valence-corrected chi connectivity index (χ2v) is 7.02. The molecule has 0 aliphatic carbocycles. The fourth-order valence-electron chi connectivity index (χ4n) is 2.83. The van der Waals surface area contributed by atoms with Gasteiger partial charge in [-0.1, -0.05) is 34.1 Å². The Hall–Kier alpha value is -1.85. The summed E-state index contributed by atoms with van der Waals surface area (Å²) in [5, 5.41) is 0. The van der Waals surface area contributed by atoms with E-state index in [0.29, 0.717) is 25.3 Å². The summed E-state index contributed by atoms with van der Waals surface area (Å²) in [5.41, 5.74) is 2.96. The molecule has 1 saturated heterocycles. The monoisotopic (exact) mass is 388 g/mol. The van der Waals surface area contributed by atoms with Crippen molar-refractivity contribution in [2.75, 3.05) is 38.7 Å². The zero-order valence-corrected chi connectivity index (χ0v) is 15.5. The number of anilines is 1. The lowest BCUT2D eigenvalue weighted by molar-refractivity contribution is -0.0228. The highest BCUT2D eigenvalue weighted by molar-refractivity contribution is 9.10. The lowest BCUT2D eigenvalue weighted by Gasteiger charge is -2.33. The van der Waals surface area contributed by atoms with Gasteiger partial charge >= 0.3 is 0 Å². The van der Waals surface area contributed by atoms with Gasteiger partial charge in [-0.25, -0.2) is 0 Å². The molecule has 24 heavy (non-hydrogen) atoms. The topological polar surface area (TPSA) is 32.8 Å². The van der Waals surface area contributed by atoms with Crippen LogP contribution in [0, 0.1) is 0 Å². The second-order valence-electron chi connectivity index (χ2n) is 6.11. The number of rotatable bonds is 3. The van der Waals surface area contributed by atoms with Crippen LogP contribution in [0.4, 0.5) is 5.69 Å². The number of carbonyl (C=O) groups is 1. The van der Waals surface area contributed by atoms with Gasteiger partial charge in [-0.15, -0.1) is 0 Å². The molecule has 0 radical (unpaired) electrons. The standard InChI is InChI=1S/C19H21BrN2O2/c1-21(2)17-8-6-14(7-9-17)18-13-22(10-11-24-18)19(23)15-4-3-5-16(20)12-15/h3-9,12,18H,10-11,13H2,1-2H3. The maximum absolute atomic E-state index is 12.7. The van der Waals surface area contributed by atoms with Crippen LogP contribution in [0.3, 0.4) is 0 Å². The molecule has 1 aliphatic rings. The lowest BCUT2D eigenvalue weighted by Crippen LogP contribution is -2.42. The van der Waals surface area contributed by atoms with Crippen molar-refractivity contribution in [2.45, 2.75) is 6.10 Å². The van der Waals surface area contributed by atoms with Gasteiger partial charge in [-0.2, -0.15) is 0 Å². The molecule has 3 rings (SSSR count). The maximum atomic E-state index is 12.7. The van der Waals surface area contributed by atoms with Crippen LogP contribution < -0.4 is 4.90 Å². The van der Waals surface area contributed by atoms with E-state index in [4.69, 9.17) is 4.74 Å². The SMILES string of the molecule is CN(C)c1ccc(C2CN(C(=O)c3cccc(Br)c3)CCO2)cc1. The third-order valence-electron chi connectivity index (χ3n) is 4.21. The summed E-state index contributed by atoms with van der Waals surface area (Å²) in [6.07, 6.45) is -0.0777. The number of morpholine rings is 1. The Kier molecular flexibility index (Phi) is 5.21. The van der Waals surface area contributed by atoms with Crippen molar-refractivity contribution in [3.63, 3.8) is 0 Å². The molecule has 1 atom stereocenters. The molecule has 1 aliphatic heterocycles. The molecule has 1 fully saturated rings. The fraction of sp³-hybridized carbons (Fsp3) is 0.316. The van der Waals surface area contributed by atoms with Crippen LogP contribution in [-0.4, -0.2) is 44.6 Å². The molecule has 1 unspecified atom stereocenters. The van der Waals surface area contributed by atoms with Gasteiger partial charge in [0.15, 0.2) is 0 Å². The van der Waals surface area contributed by atoms with Crippen LogP contribution in [0.1, 0.15) is 22.0 Å². The Morgan fingerprint density at radius 2 is 1.96 bits per heavy atom. The first-order valence-corrected chi connectivity index (χ1v) is 8.77. The molecule has 126 valence electrons. The van der Waals surface area contributed by atoms with E-state index in [1.807, 2.05) is 43.3 Å². The fourth-order valence-corrected chi connectivity index (χ4v) is 3.23. The summed E-state index contributed by atoms with van der Waals surface area (Å²) in [6.45, 7) is 1.75. The average Bonchev–Trinajstić information content (AvgIpc) is 2.61. The van der Waals surface area contributed by atoms with Crippen LogP contribution in [0.25, 0.3) is 0 Å². The molecule has 2 aromatic rings. The number of hydrogen-bond donors (Lipinski definition) is 0. The van der Waals surface area contributed by atoms with Crippen LogP contribution in [0.15, 0.2) is 53.0 Å². The number of halogens is 1. The van der Waals surface area contributed by atoms with Gasteiger partial charge in [0.1, 0.15) is 6.10 Å². The zero-order valence-electron chi connectivity index (χ0n) is 13.9. The van der Waals surface area contributed by atoms with Crippen LogP contribution in [-0.2, 0) is 4.74 Å². The molecule has 0 saturated carbocycles. The molecular formula is C19H21BrN2O2. The predicted octanol–water partition coefficient (Wildman–Crippen LogP) is 3.73. The minimum Gasteiger partial charge on any atom is -0.378 e. The van der Waals surface area contributed by atoms with Gasteiger partial charge in [0, 0.05) is 36.4 Å². The summed E-state index contributed by atoms with van der Waals surface area (Å²) in [6, 6.07) is 15.8. The van der Waals surface area contributed by atoms with Crippen molar-refractivity contribution >= 4 is 27.5 Å². The Morgan fingerprint density at radius 3 is 2.62 bits per heavy atom. The molecule has 0 N–H and O–H groups in total. The van der Waals surface area contributed by atoms with E-state index >= 15 is 0 Å². The van der Waals surface area contributed by atoms with E-state index in [-0.39, 0.29) is 12.0 Å². The molecular weight excluding hydrogens is 368 g/mol. The van der Waals surface area contributed by atoms with Gasteiger partial charge in [-0.3, -0.25) is 4.79 Å². The maximum Gasteiger partial charge on any atom is 0.254 e. The third kappa shape index (κ3) is 3.79. The summed E-state index contributed by atoms with van der Waals surface area (Å²) in [5.74, 6) is 0.0505. The van der Waals surface area contributed by atoms with Crippen molar-refractivity contribution in [3.8, 4) is 0 Å². The molecule has 0 aromatic heterocycles. The number of amides is 1. The van der Waals surface area contributed by atoms with Crippen molar-refractivity contribution in [3.05, 3.63) is 64.1 Å². The van der Waals surface area contributed by atoms with E-state index in [1.54, 1.807) is 0 Å². The van der Waals surface area contributed by atoms with Gasteiger partial charge < -0.3 is 14.5 Å². The smallest absolute Gasteiger partial charge is 0.254 e. The third-order valence-corrected chi connectivity index (χ3v) is 4.70. The largest absolute Gasteiger partial charge is 0.378 e. The Balaban J connectivity index is 1.73. The van der Waals surface area contributed by atoms with Crippen LogP contribution in [0.5, 0.6) is 0 Å². The normalized spacial score (nSPS) is 17.6. The van der Waals surface area contributed by atoms with E-state index < -0.39 is 0 Å². The number of carbonyl (C=O) groups excluding carboxylic acids is 1. The second kappa shape index (κ2) is 7.36. The quantitative estimate of drug-likeness (QED) is 0.802. The van der Waals surface area contributed by atoms with Crippen molar-refractivity contribution in [1.82, 2.24) is 4.90 Å². The lowest BCUT2D eigenvalue weighted by atomic mass is 10.1. The van der Waals surface area contributed by atoms with Gasteiger partial charge in [0.2, 0.25) is 0 Å². The minimum atomic E-state index is -0.0777. The molecule has 1 amide bonds. The van der Waals surface area contributed by atoms with Gasteiger partial charge in [0.05, 0.1) is 13.2 Å². The first-order valence-electron chi connectivity index (χ1n) is 7.98. The Morgan fingerprint density at radius 1 is 1.21 bits per heavy atom. The number of ether oxygens (including phenoxy) is 1. The molecule has 4 nitrogen and oxygen atoms in total. The average molecular weight is 389 g/mol. The highest BCUT2D eigenvalue weighted by atomic mass is 79.9. The predicted molar refractivity (Wildman–Crippen MR) is 99.5 cm³/mol. The first-order chi connectivity index (χ1) is 11.5. The Labute approximate surface area is 151 Å². The van der Waals surface area contributed by atoms with Crippen molar-refractivity contribution < 1.29 is 9.53 Å². The molecule has 0 spiro atoms. The van der Waals surface area contributed by atoms with Crippen molar-refractivity contribution in [1.29, 1.82) is 0 Å². The van der Waals surface area contributed by atoms with E-state index in [1.165, 1.54) is 0 Å². The highest BCUT2D eigenvalue weighted by Gasteiger charge is 2.26. The molecule has 5 heteroatoms. The number of nitrogens with zero attached hydrogens (tertiary/aromatic N) is 2. The number of benzene rings is 2. The minimum absolute atomic E-state index is 0.0505. The van der Waals surface area contributed by atoms with Crippen molar-refractivity contribution in [2.24, 2.45) is 0 Å². The summed E-state index contributed by atoms with van der Waals surface area (Å²) >= 11 is 3.42. The van der Waals surface area contributed by atoms with Crippen LogP contribution in [0.2, 0.25) is 0 Å².